The zero-order valence-corrected chi connectivity index (χ0v) is 18.3. The highest BCUT2D eigenvalue weighted by Gasteiger charge is 2.39. The fourth-order valence-corrected chi connectivity index (χ4v) is 4.86. The van der Waals surface area contributed by atoms with Gasteiger partial charge in [0, 0.05) is 23.4 Å². The Balaban J connectivity index is 1.84. The Morgan fingerprint density at radius 3 is 2.60 bits per heavy atom. The van der Waals surface area contributed by atoms with Gasteiger partial charge in [-0.3, -0.25) is 4.79 Å². The summed E-state index contributed by atoms with van der Waals surface area (Å²) in [7, 11) is 1.47. The second kappa shape index (κ2) is 8.00. The van der Waals surface area contributed by atoms with Gasteiger partial charge in [-0.05, 0) is 58.5 Å². The average molecular weight is 465 g/mol. The molecule has 0 amide bonds. The van der Waals surface area contributed by atoms with Crippen LogP contribution in [0, 0.1) is 11.3 Å². The Bertz CT molecular complexity index is 1130. The van der Waals surface area contributed by atoms with E-state index in [0.29, 0.717) is 34.2 Å². The number of halogens is 1. The number of dihydropyridines is 1. The molecular weight excluding hydrogens is 444 g/mol. The van der Waals surface area contributed by atoms with Crippen molar-refractivity contribution < 1.29 is 14.6 Å². The van der Waals surface area contributed by atoms with Gasteiger partial charge in [-0.25, -0.2) is 0 Å². The summed E-state index contributed by atoms with van der Waals surface area (Å²) in [6.45, 7) is 1.86. The van der Waals surface area contributed by atoms with Crippen LogP contribution in [0.4, 0.5) is 0 Å². The minimum absolute atomic E-state index is 0.0114. The van der Waals surface area contributed by atoms with Crippen molar-refractivity contribution in [2.45, 2.75) is 31.6 Å². The fraction of sp³-hybridized carbons (Fsp3) is 0.250. The maximum Gasteiger partial charge on any atom is 0.172 e. The molecule has 1 aliphatic heterocycles. The molecular formula is C24H21BrN2O3. The van der Waals surface area contributed by atoms with E-state index in [0.717, 1.165) is 22.5 Å². The van der Waals surface area contributed by atoms with Gasteiger partial charge in [0.2, 0.25) is 0 Å². The molecule has 5 nitrogen and oxygen atoms in total. The number of nitrogens with one attached hydrogen (secondary N) is 1. The van der Waals surface area contributed by atoms with Crippen LogP contribution in [0.25, 0.3) is 0 Å². The maximum absolute atomic E-state index is 13.3. The number of nitriles is 1. The van der Waals surface area contributed by atoms with Crippen LogP contribution in [-0.2, 0) is 4.79 Å². The first kappa shape index (κ1) is 20.2. The van der Waals surface area contributed by atoms with Crippen molar-refractivity contribution in [3.8, 4) is 17.6 Å². The van der Waals surface area contributed by atoms with Crippen molar-refractivity contribution in [3.05, 3.63) is 80.6 Å². The number of carbonyl (C=O) groups is 1. The van der Waals surface area contributed by atoms with Crippen molar-refractivity contribution in [3.63, 3.8) is 0 Å². The number of carbonyl (C=O) groups excluding carboxylic acids is 1. The molecule has 2 aromatic rings. The largest absolute Gasteiger partial charge is 0.503 e. The SMILES string of the molecule is COc1cc([C@@H]2C(C#N)=C(C)NC3=C2C(=O)C[C@@H](c2ccccc2)C3)cc(Br)c1O. The molecule has 0 saturated carbocycles. The molecule has 0 aromatic heterocycles. The summed E-state index contributed by atoms with van der Waals surface area (Å²) in [5, 5.41) is 23.4. The van der Waals surface area contributed by atoms with E-state index in [1.807, 2.05) is 25.1 Å². The molecule has 1 aliphatic carbocycles. The van der Waals surface area contributed by atoms with Gasteiger partial charge in [-0.2, -0.15) is 5.26 Å². The lowest BCUT2D eigenvalue weighted by Crippen LogP contribution is -2.33. The molecule has 152 valence electrons. The number of phenolic OH excluding ortho intramolecular Hbond substituents is 1. The second-order valence-electron chi connectivity index (χ2n) is 7.59. The molecule has 2 atom stereocenters. The number of allylic oxidation sites excluding steroid dienone is 4. The first-order valence-corrected chi connectivity index (χ1v) is 10.5. The highest BCUT2D eigenvalue weighted by molar-refractivity contribution is 9.10. The van der Waals surface area contributed by atoms with E-state index in [4.69, 9.17) is 4.74 Å². The highest BCUT2D eigenvalue weighted by Crippen LogP contribution is 2.47. The van der Waals surface area contributed by atoms with E-state index in [-0.39, 0.29) is 17.5 Å². The zero-order valence-electron chi connectivity index (χ0n) is 16.7. The average Bonchev–Trinajstić information content (AvgIpc) is 2.75. The summed E-state index contributed by atoms with van der Waals surface area (Å²) in [6.07, 6.45) is 1.10. The van der Waals surface area contributed by atoms with E-state index < -0.39 is 5.92 Å². The number of benzene rings is 2. The lowest BCUT2D eigenvalue weighted by molar-refractivity contribution is -0.116. The Hall–Kier alpha value is -3.04. The number of phenols is 1. The summed E-state index contributed by atoms with van der Waals surface area (Å²) in [6, 6.07) is 15.8. The first-order chi connectivity index (χ1) is 14.4. The van der Waals surface area contributed by atoms with Gasteiger partial charge >= 0.3 is 0 Å². The van der Waals surface area contributed by atoms with Crippen LogP contribution in [0.2, 0.25) is 0 Å². The number of ether oxygens (including phenoxy) is 1. The lowest BCUT2D eigenvalue weighted by atomic mass is 9.72. The van der Waals surface area contributed by atoms with Gasteiger partial charge < -0.3 is 15.2 Å². The van der Waals surface area contributed by atoms with Crippen LogP contribution in [-0.4, -0.2) is 18.0 Å². The van der Waals surface area contributed by atoms with Gasteiger partial charge in [-0.15, -0.1) is 0 Å². The molecule has 6 heteroatoms. The number of nitrogens with zero attached hydrogens (tertiary/aromatic N) is 1. The quantitative estimate of drug-likeness (QED) is 0.663. The van der Waals surface area contributed by atoms with Crippen LogP contribution < -0.4 is 10.1 Å². The third-order valence-corrected chi connectivity index (χ3v) is 6.43. The van der Waals surface area contributed by atoms with E-state index in [1.165, 1.54) is 7.11 Å². The summed E-state index contributed by atoms with van der Waals surface area (Å²) in [5.74, 6) is -0.0847. The summed E-state index contributed by atoms with van der Waals surface area (Å²) >= 11 is 3.36. The number of hydrogen-bond donors (Lipinski definition) is 2. The van der Waals surface area contributed by atoms with E-state index in [2.05, 4.69) is 39.4 Å². The molecule has 0 unspecified atom stereocenters. The molecule has 0 bridgehead atoms. The van der Waals surface area contributed by atoms with Gasteiger partial charge in [0.25, 0.3) is 0 Å². The molecule has 1 heterocycles. The molecule has 0 radical (unpaired) electrons. The topological polar surface area (TPSA) is 82.3 Å². The molecule has 0 fully saturated rings. The highest BCUT2D eigenvalue weighted by atomic mass is 79.9. The van der Waals surface area contributed by atoms with Crippen molar-refractivity contribution in [1.29, 1.82) is 5.26 Å². The first-order valence-electron chi connectivity index (χ1n) is 9.70. The Kier molecular flexibility index (Phi) is 5.40. The van der Waals surface area contributed by atoms with Crippen molar-refractivity contribution in [2.24, 2.45) is 0 Å². The minimum Gasteiger partial charge on any atom is -0.503 e. The summed E-state index contributed by atoms with van der Waals surface area (Å²) in [4.78, 5) is 13.3. The smallest absolute Gasteiger partial charge is 0.172 e. The maximum atomic E-state index is 13.3. The molecule has 30 heavy (non-hydrogen) atoms. The standard InChI is InChI=1S/C24H21BrN2O3/c1-13-17(12-26)22(16-8-18(25)24(29)21(11-16)30-2)23-19(27-13)9-15(10-20(23)28)14-6-4-3-5-7-14/h3-8,11,15,22,27,29H,9-10H2,1-2H3/t15-,22+/m0/s1. The number of aromatic hydroxyl groups is 1. The van der Waals surface area contributed by atoms with Gasteiger partial charge in [0.1, 0.15) is 0 Å². The van der Waals surface area contributed by atoms with E-state index in [9.17, 15) is 15.2 Å². The molecule has 0 spiro atoms. The molecule has 2 N–H and O–H groups in total. The summed E-state index contributed by atoms with van der Waals surface area (Å²) in [5.41, 5.74) is 4.60. The predicted octanol–water partition coefficient (Wildman–Crippen LogP) is 5.05. The Labute approximate surface area is 183 Å². The number of hydrogen-bond acceptors (Lipinski definition) is 5. The monoisotopic (exact) mass is 464 g/mol. The van der Waals surface area contributed by atoms with Crippen LogP contribution in [0.5, 0.6) is 11.5 Å². The lowest BCUT2D eigenvalue weighted by Gasteiger charge is -2.35. The van der Waals surface area contributed by atoms with Gasteiger partial charge in [0.05, 0.1) is 29.1 Å². The summed E-state index contributed by atoms with van der Waals surface area (Å²) < 4.78 is 5.75. The van der Waals surface area contributed by atoms with Crippen LogP contribution in [0.3, 0.4) is 0 Å². The van der Waals surface area contributed by atoms with Crippen LogP contribution in [0.15, 0.2) is 69.5 Å². The number of Topliss-reactive ketones (excluding diaryl/α,β-unsaturated/α-hetero) is 1. The number of ketones is 1. The normalized spacial score (nSPS) is 21.1. The zero-order chi connectivity index (χ0) is 21.4. The third-order valence-electron chi connectivity index (χ3n) is 5.82. The van der Waals surface area contributed by atoms with Gasteiger partial charge in [-0.1, -0.05) is 30.3 Å². The Morgan fingerprint density at radius 1 is 1.20 bits per heavy atom. The van der Waals surface area contributed by atoms with Crippen molar-refractivity contribution >= 4 is 21.7 Å². The van der Waals surface area contributed by atoms with Gasteiger partial charge in [0.15, 0.2) is 17.3 Å². The van der Waals surface area contributed by atoms with E-state index >= 15 is 0 Å². The van der Waals surface area contributed by atoms with Crippen LogP contribution >= 0.6 is 15.9 Å². The van der Waals surface area contributed by atoms with Crippen LogP contribution in [0.1, 0.15) is 42.7 Å². The van der Waals surface area contributed by atoms with Crippen molar-refractivity contribution in [1.82, 2.24) is 5.32 Å². The molecule has 2 aromatic carbocycles. The predicted molar refractivity (Wildman–Crippen MR) is 117 cm³/mol. The number of rotatable bonds is 3. The Morgan fingerprint density at radius 2 is 1.93 bits per heavy atom. The molecule has 0 saturated heterocycles. The molecule has 4 rings (SSSR count). The second-order valence-corrected chi connectivity index (χ2v) is 8.45. The number of methoxy groups -OCH3 is 1. The third kappa shape index (κ3) is 3.40. The van der Waals surface area contributed by atoms with E-state index in [1.54, 1.807) is 12.1 Å². The minimum atomic E-state index is -0.499. The van der Waals surface area contributed by atoms with Crippen molar-refractivity contribution in [2.75, 3.05) is 7.11 Å². The molecule has 2 aliphatic rings. The fourth-order valence-electron chi connectivity index (χ4n) is 4.40.